The lowest BCUT2D eigenvalue weighted by molar-refractivity contribution is 0.0276. The van der Waals surface area contributed by atoms with Gasteiger partial charge in [0, 0.05) is 18.9 Å². The maximum atomic E-state index is 12.1. The van der Waals surface area contributed by atoms with Crippen molar-refractivity contribution in [3.8, 4) is 0 Å². The van der Waals surface area contributed by atoms with Crippen molar-refractivity contribution in [1.82, 2.24) is 15.2 Å². The summed E-state index contributed by atoms with van der Waals surface area (Å²) in [6, 6.07) is 4.01. The third kappa shape index (κ3) is 4.72. The lowest BCUT2D eigenvalue weighted by Gasteiger charge is -2.30. The van der Waals surface area contributed by atoms with Crippen LogP contribution in [0.2, 0.25) is 0 Å². The molecule has 1 amide bonds. The minimum absolute atomic E-state index is 0.0889. The highest BCUT2D eigenvalue weighted by Gasteiger charge is 2.25. The van der Waals surface area contributed by atoms with Gasteiger partial charge >= 0.3 is 6.09 Å². The van der Waals surface area contributed by atoms with Crippen LogP contribution in [0.3, 0.4) is 0 Å². The fourth-order valence-corrected chi connectivity index (χ4v) is 2.15. The highest BCUT2D eigenvalue weighted by Crippen LogP contribution is 2.13. The van der Waals surface area contributed by atoms with Crippen LogP contribution in [0.1, 0.15) is 39.3 Å². The molecule has 2 heterocycles. The molecule has 0 aromatic carbocycles. The number of carbonyl (C=O) groups is 1. The number of nitrogens with zero attached hydrogens (tertiary/aromatic N) is 3. The van der Waals surface area contributed by atoms with E-state index in [0.717, 1.165) is 11.4 Å². The number of ether oxygens (including phenoxy) is 1. The van der Waals surface area contributed by atoms with E-state index in [4.69, 9.17) is 4.74 Å². The summed E-state index contributed by atoms with van der Waals surface area (Å²) in [5.74, 6) is 0.800. The lowest BCUT2D eigenvalue weighted by Crippen LogP contribution is -2.47. The van der Waals surface area contributed by atoms with Crippen LogP contribution in [0.4, 0.5) is 4.79 Å². The van der Waals surface area contributed by atoms with Gasteiger partial charge in [-0.05, 0) is 39.3 Å². The molecule has 1 N–H and O–H groups in total. The number of hydrogen-bond donors (Lipinski definition) is 1. The molecule has 0 saturated carbocycles. The largest absolute Gasteiger partial charge is 0.444 e. The molecule has 22 heavy (non-hydrogen) atoms. The summed E-state index contributed by atoms with van der Waals surface area (Å²) in [5, 5.41) is 3.34. The Kier molecular flexibility index (Phi) is 5.00. The number of amidine groups is 1. The summed E-state index contributed by atoms with van der Waals surface area (Å²) >= 11 is 0. The van der Waals surface area contributed by atoms with Gasteiger partial charge in [-0.2, -0.15) is 0 Å². The molecule has 1 aromatic heterocycles. The third-order valence-corrected chi connectivity index (χ3v) is 3.23. The predicted octanol–water partition coefficient (Wildman–Crippen LogP) is 2.38. The minimum Gasteiger partial charge on any atom is -0.444 e. The van der Waals surface area contributed by atoms with E-state index in [1.807, 2.05) is 46.0 Å². The molecule has 0 fully saturated rings. The van der Waals surface area contributed by atoms with Gasteiger partial charge in [-0.3, -0.25) is 14.9 Å². The van der Waals surface area contributed by atoms with Crippen molar-refractivity contribution in [2.45, 2.75) is 39.3 Å². The SMILES string of the molecule is CC(NC1=NCCN(C(=O)OC(C)(C)C)C1)c1cccnc1. The molecule has 0 aliphatic carbocycles. The zero-order valence-corrected chi connectivity index (χ0v) is 13.7. The van der Waals surface area contributed by atoms with E-state index >= 15 is 0 Å². The molecule has 1 atom stereocenters. The van der Waals surface area contributed by atoms with Crippen LogP contribution in [0.5, 0.6) is 0 Å². The van der Waals surface area contributed by atoms with Gasteiger partial charge in [0.25, 0.3) is 0 Å². The van der Waals surface area contributed by atoms with Gasteiger partial charge < -0.3 is 10.1 Å². The second kappa shape index (κ2) is 6.77. The van der Waals surface area contributed by atoms with E-state index in [2.05, 4.69) is 15.3 Å². The van der Waals surface area contributed by atoms with E-state index in [1.54, 1.807) is 11.1 Å². The van der Waals surface area contributed by atoms with Crippen molar-refractivity contribution in [2.24, 2.45) is 4.99 Å². The molecule has 1 aliphatic heterocycles. The number of hydrogen-bond acceptors (Lipinski definition) is 5. The molecular formula is C16H24N4O2. The molecule has 0 saturated heterocycles. The van der Waals surface area contributed by atoms with Crippen LogP contribution in [-0.2, 0) is 4.74 Å². The molecule has 1 aliphatic rings. The Bertz CT molecular complexity index is 537. The van der Waals surface area contributed by atoms with Gasteiger partial charge in [-0.15, -0.1) is 0 Å². The van der Waals surface area contributed by atoms with Crippen molar-refractivity contribution in [1.29, 1.82) is 0 Å². The highest BCUT2D eigenvalue weighted by atomic mass is 16.6. The van der Waals surface area contributed by atoms with E-state index in [-0.39, 0.29) is 12.1 Å². The number of nitrogens with one attached hydrogen (secondary N) is 1. The zero-order chi connectivity index (χ0) is 16.2. The Morgan fingerprint density at radius 1 is 1.45 bits per heavy atom. The lowest BCUT2D eigenvalue weighted by atomic mass is 10.1. The maximum Gasteiger partial charge on any atom is 0.410 e. The Morgan fingerprint density at radius 3 is 2.86 bits per heavy atom. The van der Waals surface area contributed by atoms with Gasteiger partial charge in [0.05, 0.1) is 19.1 Å². The average Bonchev–Trinajstić information content (AvgIpc) is 2.46. The first-order chi connectivity index (χ1) is 10.3. The molecule has 6 heteroatoms. The van der Waals surface area contributed by atoms with Gasteiger partial charge in [-0.1, -0.05) is 6.07 Å². The van der Waals surface area contributed by atoms with Crippen molar-refractivity contribution in [3.63, 3.8) is 0 Å². The second-order valence-electron chi connectivity index (χ2n) is 6.38. The Balaban J connectivity index is 1.93. The van der Waals surface area contributed by atoms with Crippen LogP contribution in [0.15, 0.2) is 29.5 Å². The predicted molar refractivity (Wildman–Crippen MR) is 85.9 cm³/mol. The highest BCUT2D eigenvalue weighted by molar-refractivity contribution is 5.88. The van der Waals surface area contributed by atoms with E-state index in [9.17, 15) is 4.79 Å². The van der Waals surface area contributed by atoms with Crippen LogP contribution >= 0.6 is 0 Å². The molecule has 2 rings (SSSR count). The topological polar surface area (TPSA) is 66.8 Å². The van der Waals surface area contributed by atoms with E-state index < -0.39 is 5.60 Å². The summed E-state index contributed by atoms with van der Waals surface area (Å²) in [6.07, 6.45) is 3.28. The second-order valence-corrected chi connectivity index (χ2v) is 6.38. The number of rotatable bonds is 2. The number of aliphatic imine (C=N–C) groups is 1. The van der Waals surface area contributed by atoms with Crippen molar-refractivity contribution >= 4 is 11.9 Å². The molecular weight excluding hydrogens is 280 g/mol. The first-order valence-electron chi connectivity index (χ1n) is 7.53. The molecule has 0 radical (unpaired) electrons. The monoisotopic (exact) mass is 304 g/mol. The number of carbonyl (C=O) groups excluding carboxylic acids is 1. The van der Waals surface area contributed by atoms with Crippen LogP contribution < -0.4 is 5.32 Å². The molecule has 1 aromatic rings. The normalized spacial score (nSPS) is 16.7. The molecule has 0 spiro atoms. The van der Waals surface area contributed by atoms with Crippen LogP contribution in [-0.4, -0.2) is 47.0 Å². The number of pyridine rings is 1. The summed E-state index contributed by atoms with van der Waals surface area (Å²) in [7, 11) is 0. The first kappa shape index (κ1) is 16.3. The Morgan fingerprint density at radius 2 is 2.23 bits per heavy atom. The number of amides is 1. The third-order valence-electron chi connectivity index (χ3n) is 3.23. The summed E-state index contributed by atoms with van der Waals surface area (Å²) in [6.45, 7) is 9.26. The van der Waals surface area contributed by atoms with Crippen LogP contribution in [0, 0.1) is 0 Å². The smallest absolute Gasteiger partial charge is 0.410 e. The molecule has 1 unspecified atom stereocenters. The van der Waals surface area contributed by atoms with Crippen molar-refractivity contribution < 1.29 is 9.53 Å². The van der Waals surface area contributed by atoms with Crippen molar-refractivity contribution in [2.75, 3.05) is 19.6 Å². The average molecular weight is 304 g/mol. The molecule has 0 bridgehead atoms. The van der Waals surface area contributed by atoms with Crippen LogP contribution in [0.25, 0.3) is 0 Å². The fourth-order valence-electron chi connectivity index (χ4n) is 2.15. The Hall–Kier alpha value is -2.11. The summed E-state index contributed by atoms with van der Waals surface area (Å²) in [4.78, 5) is 22.4. The molecule has 6 nitrogen and oxygen atoms in total. The van der Waals surface area contributed by atoms with Gasteiger partial charge in [-0.25, -0.2) is 4.79 Å². The molecule has 120 valence electrons. The van der Waals surface area contributed by atoms with Gasteiger partial charge in [0.2, 0.25) is 0 Å². The summed E-state index contributed by atoms with van der Waals surface area (Å²) in [5.41, 5.74) is 0.599. The minimum atomic E-state index is -0.484. The fraction of sp³-hybridized carbons (Fsp3) is 0.562. The van der Waals surface area contributed by atoms with Gasteiger partial charge in [0.1, 0.15) is 11.4 Å². The number of aromatic nitrogens is 1. The van der Waals surface area contributed by atoms with Crippen molar-refractivity contribution in [3.05, 3.63) is 30.1 Å². The zero-order valence-electron chi connectivity index (χ0n) is 13.7. The quantitative estimate of drug-likeness (QED) is 0.911. The maximum absolute atomic E-state index is 12.1. The first-order valence-corrected chi connectivity index (χ1v) is 7.53. The van der Waals surface area contributed by atoms with Gasteiger partial charge in [0.15, 0.2) is 0 Å². The van der Waals surface area contributed by atoms with E-state index in [0.29, 0.717) is 19.6 Å². The standard InChI is InChI=1S/C16H24N4O2/c1-12(13-6-5-7-17-10-13)19-14-11-20(9-8-18-14)15(21)22-16(2,3)4/h5-7,10,12H,8-9,11H2,1-4H3,(H,18,19). The summed E-state index contributed by atoms with van der Waals surface area (Å²) < 4.78 is 5.41. The van der Waals surface area contributed by atoms with E-state index in [1.165, 1.54) is 0 Å². The Labute approximate surface area is 131 Å².